The van der Waals surface area contributed by atoms with Crippen molar-refractivity contribution in [1.82, 2.24) is 4.57 Å². The summed E-state index contributed by atoms with van der Waals surface area (Å²) < 4.78 is 15.3. The van der Waals surface area contributed by atoms with Crippen molar-refractivity contribution in [2.45, 2.75) is 39.5 Å². The Morgan fingerprint density at radius 1 is 1.04 bits per heavy atom. The number of rotatable bonds is 4. The molecule has 3 rings (SSSR count). The lowest BCUT2D eigenvalue weighted by Crippen LogP contribution is -1.95. The molecule has 2 aromatic carbocycles. The van der Waals surface area contributed by atoms with Crippen LogP contribution in [0.15, 0.2) is 48.7 Å². The molecule has 0 radical (unpaired) electrons. The van der Waals surface area contributed by atoms with Gasteiger partial charge in [0.15, 0.2) is 0 Å². The second kappa shape index (κ2) is 9.02. The predicted molar refractivity (Wildman–Crippen MR) is 106 cm³/mol. The molecule has 4 heteroatoms. The summed E-state index contributed by atoms with van der Waals surface area (Å²) in [5.74, 6) is 0.283. The van der Waals surface area contributed by atoms with Crippen LogP contribution in [0.1, 0.15) is 45.1 Å². The van der Waals surface area contributed by atoms with Crippen LogP contribution in [-0.4, -0.2) is 11.1 Å². The zero-order valence-corrected chi connectivity index (χ0v) is 15.9. The third-order valence-electron chi connectivity index (χ3n) is 4.33. The predicted octanol–water partition coefficient (Wildman–Crippen LogP) is 6.29. The lowest BCUT2D eigenvalue weighted by molar-refractivity contribution is 0.627. The molecular formula is C21H26ClFN2. The smallest absolute Gasteiger partial charge is 0.123 e. The molecule has 0 bridgehead atoms. The van der Waals surface area contributed by atoms with Crippen molar-refractivity contribution in [3.8, 4) is 5.69 Å². The van der Waals surface area contributed by atoms with Gasteiger partial charge in [-0.15, -0.1) is 0 Å². The van der Waals surface area contributed by atoms with Crippen molar-refractivity contribution in [1.29, 1.82) is 0 Å². The number of nitrogens with zero attached hydrogens (tertiary/aromatic N) is 1. The largest absolute Gasteiger partial charge is 0.331 e. The minimum Gasteiger partial charge on any atom is -0.331 e. The van der Waals surface area contributed by atoms with Gasteiger partial charge in [0.25, 0.3) is 0 Å². The number of hydrogen-bond acceptors (Lipinski definition) is 1. The van der Waals surface area contributed by atoms with E-state index in [1.807, 2.05) is 25.1 Å². The van der Waals surface area contributed by atoms with E-state index in [0.717, 1.165) is 35.6 Å². The van der Waals surface area contributed by atoms with Crippen LogP contribution in [0.3, 0.4) is 0 Å². The van der Waals surface area contributed by atoms with Gasteiger partial charge < -0.3 is 10.3 Å². The highest BCUT2D eigenvalue weighted by molar-refractivity contribution is 6.31. The molecule has 0 fully saturated rings. The molecule has 0 aliphatic carbocycles. The van der Waals surface area contributed by atoms with Crippen molar-refractivity contribution >= 4 is 22.5 Å². The SMILES string of the molecule is CCC(CC)c1cn(-c2ccc(F)cc2)c2ccc(Cl)cc12.CCN. The molecule has 3 aromatic rings. The third-order valence-corrected chi connectivity index (χ3v) is 4.56. The highest BCUT2D eigenvalue weighted by atomic mass is 35.5. The summed E-state index contributed by atoms with van der Waals surface area (Å²) in [5.41, 5.74) is 8.23. The minimum absolute atomic E-state index is 0.219. The van der Waals surface area contributed by atoms with Gasteiger partial charge in [0.05, 0.1) is 5.52 Å². The highest BCUT2D eigenvalue weighted by Gasteiger charge is 2.16. The van der Waals surface area contributed by atoms with Gasteiger partial charge in [0, 0.05) is 22.3 Å². The molecule has 134 valence electrons. The number of benzene rings is 2. The fourth-order valence-electron chi connectivity index (χ4n) is 3.10. The molecule has 25 heavy (non-hydrogen) atoms. The van der Waals surface area contributed by atoms with E-state index in [1.54, 1.807) is 12.1 Å². The zero-order valence-electron chi connectivity index (χ0n) is 15.1. The first-order valence-electron chi connectivity index (χ1n) is 8.82. The Morgan fingerprint density at radius 3 is 2.20 bits per heavy atom. The van der Waals surface area contributed by atoms with Gasteiger partial charge in [-0.1, -0.05) is 32.4 Å². The molecule has 2 N–H and O–H groups in total. The van der Waals surface area contributed by atoms with Gasteiger partial charge in [-0.2, -0.15) is 0 Å². The van der Waals surface area contributed by atoms with Crippen LogP contribution >= 0.6 is 11.6 Å². The molecule has 0 atom stereocenters. The van der Waals surface area contributed by atoms with Crippen molar-refractivity contribution in [2.24, 2.45) is 5.73 Å². The number of nitrogens with two attached hydrogens (primary N) is 1. The summed E-state index contributed by atoms with van der Waals surface area (Å²) >= 11 is 6.20. The maximum absolute atomic E-state index is 13.2. The molecule has 0 spiro atoms. The van der Waals surface area contributed by atoms with Gasteiger partial charge >= 0.3 is 0 Å². The van der Waals surface area contributed by atoms with Crippen molar-refractivity contribution in [3.05, 3.63) is 65.1 Å². The van der Waals surface area contributed by atoms with E-state index in [0.29, 0.717) is 5.92 Å². The van der Waals surface area contributed by atoms with Gasteiger partial charge in [0.2, 0.25) is 0 Å². The maximum Gasteiger partial charge on any atom is 0.123 e. The average molecular weight is 361 g/mol. The summed E-state index contributed by atoms with van der Waals surface area (Å²) in [5, 5.41) is 1.93. The van der Waals surface area contributed by atoms with Crippen molar-refractivity contribution in [2.75, 3.05) is 6.54 Å². The van der Waals surface area contributed by atoms with Gasteiger partial charge in [-0.25, -0.2) is 4.39 Å². The van der Waals surface area contributed by atoms with E-state index in [1.165, 1.54) is 23.1 Å². The van der Waals surface area contributed by atoms with Crippen LogP contribution < -0.4 is 5.73 Å². The standard InChI is InChI=1S/C19H19ClFN.C2H7N/c1-3-13(4-2)18-12-22(16-8-6-15(21)7-9-16)19-10-5-14(20)11-17(18)19;1-2-3/h5-13H,3-4H2,1-2H3;2-3H2,1H3. The van der Waals surface area contributed by atoms with Crippen molar-refractivity contribution < 1.29 is 4.39 Å². The number of hydrogen-bond donors (Lipinski definition) is 1. The van der Waals surface area contributed by atoms with E-state index in [2.05, 4.69) is 24.6 Å². The van der Waals surface area contributed by atoms with Gasteiger partial charge in [0.1, 0.15) is 5.82 Å². The number of fused-ring (bicyclic) bond motifs is 1. The molecule has 1 heterocycles. The first-order valence-corrected chi connectivity index (χ1v) is 9.19. The number of halogens is 2. The fourth-order valence-corrected chi connectivity index (χ4v) is 3.27. The molecule has 0 aliphatic rings. The Labute approximate surface area is 154 Å². The lowest BCUT2D eigenvalue weighted by Gasteiger charge is -2.10. The zero-order chi connectivity index (χ0) is 18.4. The molecule has 0 aliphatic heterocycles. The summed E-state index contributed by atoms with van der Waals surface area (Å²) in [6, 6.07) is 12.6. The van der Waals surface area contributed by atoms with E-state index in [4.69, 9.17) is 17.3 Å². The minimum atomic E-state index is -0.219. The van der Waals surface area contributed by atoms with Crippen LogP contribution in [0.25, 0.3) is 16.6 Å². The highest BCUT2D eigenvalue weighted by Crippen LogP contribution is 2.34. The lowest BCUT2D eigenvalue weighted by atomic mass is 9.94. The van der Waals surface area contributed by atoms with Crippen LogP contribution in [0.2, 0.25) is 5.02 Å². The normalized spacial score (nSPS) is 10.8. The Hall–Kier alpha value is -1.84. The van der Waals surface area contributed by atoms with Crippen LogP contribution in [0.5, 0.6) is 0 Å². The quantitative estimate of drug-likeness (QED) is 0.582. The Bertz CT molecular complexity index is 805. The first-order chi connectivity index (χ1) is 12.0. The van der Waals surface area contributed by atoms with Crippen LogP contribution in [-0.2, 0) is 0 Å². The third kappa shape index (κ3) is 4.42. The molecule has 0 saturated carbocycles. The average Bonchev–Trinajstić information content (AvgIpc) is 2.96. The van der Waals surface area contributed by atoms with Crippen LogP contribution in [0.4, 0.5) is 4.39 Å². The molecule has 0 amide bonds. The monoisotopic (exact) mass is 360 g/mol. The Balaban J connectivity index is 0.000000701. The van der Waals surface area contributed by atoms with E-state index < -0.39 is 0 Å². The topological polar surface area (TPSA) is 30.9 Å². The van der Waals surface area contributed by atoms with Gasteiger partial charge in [-0.05, 0) is 73.3 Å². The molecule has 0 unspecified atom stereocenters. The molecule has 1 aromatic heterocycles. The molecule has 0 saturated heterocycles. The molecular weight excluding hydrogens is 335 g/mol. The van der Waals surface area contributed by atoms with Gasteiger partial charge in [-0.3, -0.25) is 0 Å². The van der Waals surface area contributed by atoms with Crippen LogP contribution in [0, 0.1) is 5.82 Å². The summed E-state index contributed by atoms with van der Waals surface area (Å²) in [4.78, 5) is 0. The fraction of sp³-hybridized carbons (Fsp3) is 0.333. The number of aromatic nitrogens is 1. The van der Waals surface area contributed by atoms with Crippen molar-refractivity contribution in [3.63, 3.8) is 0 Å². The van der Waals surface area contributed by atoms with E-state index in [-0.39, 0.29) is 5.82 Å². The second-order valence-corrected chi connectivity index (χ2v) is 6.45. The maximum atomic E-state index is 13.2. The Kier molecular flexibility index (Phi) is 7.03. The Morgan fingerprint density at radius 2 is 1.64 bits per heavy atom. The first kappa shape index (κ1) is 19.5. The second-order valence-electron chi connectivity index (χ2n) is 6.01. The summed E-state index contributed by atoms with van der Waals surface area (Å²) in [6.45, 7) is 7.07. The van der Waals surface area contributed by atoms with E-state index >= 15 is 0 Å². The van der Waals surface area contributed by atoms with E-state index in [9.17, 15) is 4.39 Å². The summed E-state index contributed by atoms with van der Waals surface area (Å²) in [6.07, 6.45) is 4.35. The molecule has 2 nitrogen and oxygen atoms in total. The summed E-state index contributed by atoms with van der Waals surface area (Å²) in [7, 11) is 0.